The maximum Gasteiger partial charge on any atom is 0.164 e. The Kier molecular flexibility index (Phi) is 9.13. The zero-order valence-electron chi connectivity index (χ0n) is 37.7. The van der Waals surface area contributed by atoms with E-state index in [-0.39, 0.29) is 0 Å². The zero-order valence-corrected chi connectivity index (χ0v) is 37.7. The van der Waals surface area contributed by atoms with Crippen LogP contribution in [-0.4, -0.2) is 29.1 Å². The fraction of sp³-hybridized carbons (Fsp3) is 0.0159. The van der Waals surface area contributed by atoms with Crippen LogP contribution < -0.4 is 0 Å². The number of rotatable bonds is 7. The summed E-state index contributed by atoms with van der Waals surface area (Å²) in [6, 6.07) is 68.5. The molecule has 5 heterocycles. The van der Waals surface area contributed by atoms with Crippen LogP contribution in [0.3, 0.4) is 0 Å². The summed E-state index contributed by atoms with van der Waals surface area (Å²) in [6.45, 7) is 0. The SMILES string of the molecule is C1=CCc2c(n(-c3ccc(-c4nc(-c5cccc(-c6ccccc6)c5)nc(-c5cccc6oc7ccncc7c56)n4)cc3)c3cc(-c4ccc5c6ccccc6n(-c6ccccc6)c5c4)ccc23)C=C1. The number of aromatic nitrogens is 6. The van der Waals surface area contributed by atoms with E-state index in [9.17, 15) is 0 Å². The van der Waals surface area contributed by atoms with Gasteiger partial charge in [-0.2, -0.15) is 0 Å². The van der Waals surface area contributed by atoms with E-state index in [0.29, 0.717) is 17.5 Å². The third-order valence-corrected chi connectivity index (χ3v) is 13.7. The molecule has 70 heavy (non-hydrogen) atoms. The smallest absolute Gasteiger partial charge is 0.164 e. The van der Waals surface area contributed by atoms with Crippen molar-refractivity contribution in [3.8, 4) is 67.8 Å². The Balaban J connectivity index is 0.911. The quantitative estimate of drug-likeness (QED) is 0.159. The van der Waals surface area contributed by atoms with Crippen molar-refractivity contribution in [3.63, 3.8) is 0 Å². The Morgan fingerprint density at radius 1 is 0.414 bits per heavy atom. The third-order valence-electron chi connectivity index (χ3n) is 13.7. The van der Waals surface area contributed by atoms with E-state index >= 15 is 0 Å². The zero-order chi connectivity index (χ0) is 46.1. The van der Waals surface area contributed by atoms with Crippen LogP contribution in [0.4, 0.5) is 0 Å². The van der Waals surface area contributed by atoms with E-state index < -0.39 is 0 Å². The molecule has 0 saturated heterocycles. The lowest BCUT2D eigenvalue weighted by Gasteiger charge is -2.13. The minimum Gasteiger partial charge on any atom is -0.456 e. The van der Waals surface area contributed by atoms with E-state index in [1.54, 1.807) is 6.20 Å². The molecule has 328 valence electrons. The lowest BCUT2D eigenvalue weighted by molar-refractivity contribution is 0.668. The Hall–Kier alpha value is -9.46. The van der Waals surface area contributed by atoms with Gasteiger partial charge in [0, 0.05) is 67.4 Å². The molecule has 0 atom stereocenters. The molecule has 0 N–H and O–H groups in total. The van der Waals surface area contributed by atoms with Crippen LogP contribution in [0.2, 0.25) is 0 Å². The molecule has 0 fully saturated rings. The second kappa shape index (κ2) is 16.1. The molecule has 8 aromatic carbocycles. The predicted molar refractivity (Wildman–Crippen MR) is 285 cm³/mol. The minimum atomic E-state index is 0.556. The second-order valence-electron chi connectivity index (χ2n) is 17.8. The van der Waals surface area contributed by atoms with Gasteiger partial charge in [-0.1, -0.05) is 140 Å². The maximum atomic E-state index is 6.29. The highest BCUT2D eigenvalue weighted by atomic mass is 16.3. The number of nitrogens with zero attached hydrogens (tertiary/aromatic N) is 6. The number of hydrogen-bond acceptors (Lipinski definition) is 5. The fourth-order valence-electron chi connectivity index (χ4n) is 10.5. The van der Waals surface area contributed by atoms with Gasteiger partial charge >= 0.3 is 0 Å². The number of benzene rings is 8. The minimum absolute atomic E-state index is 0.556. The van der Waals surface area contributed by atoms with Crippen molar-refractivity contribution in [2.24, 2.45) is 0 Å². The van der Waals surface area contributed by atoms with E-state index in [1.807, 2.05) is 30.5 Å². The van der Waals surface area contributed by atoms with Gasteiger partial charge in [-0.3, -0.25) is 4.98 Å². The molecule has 7 heteroatoms. The summed E-state index contributed by atoms with van der Waals surface area (Å²) >= 11 is 0. The summed E-state index contributed by atoms with van der Waals surface area (Å²) in [7, 11) is 0. The molecule has 0 saturated carbocycles. The molecule has 1 aliphatic rings. The van der Waals surface area contributed by atoms with Crippen molar-refractivity contribution in [3.05, 3.63) is 236 Å². The van der Waals surface area contributed by atoms with Gasteiger partial charge in [-0.15, -0.1) is 0 Å². The van der Waals surface area contributed by atoms with Crippen LogP contribution in [-0.2, 0) is 6.42 Å². The number of hydrogen-bond donors (Lipinski definition) is 0. The van der Waals surface area contributed by atoms with Crippen LogP contribution in [0, 0.1) is 0 Å². The number of para-hydroxylation sites is 2. The first-order valence-electron chi connectivity index (χ1n) is 23.6. The van der Waals surface area contributed by atoms with E-state index in [0.717, 1.165) is 84.2 Å². The molecule has 0 unspecified atom stereocenters. The number of furan rings is 1. The maximum absolute atomic E-state index is 6.29. The summed E-state index contributed by atoms with van der Waals surface area (Å²) in [5.74, 6) is 1.71. The van der Waals surface area contributed by atoms with Crippen LogP contribution >= 0.6 is 0 Å². The fourth-order valence-corrected chi connectivity index (χ4v) is 10.5. The summed E-state index contributed by atoms with van der Waals surface area (Å²) < 4.78 is 11.1. The normalized spacial score (nSPS) is 12.4. The average molecular weight is 897 g/mol. The van der Waals surface area contributed by atoms with Crippen molar-refractivity contribution in [1.29, 1.82) is 0 Å². The van der Waals surface area contributed by atoms with Crippen molar-refractivity contribution in [2.75, 3.05) is 0 Å². The molecular formula is C63H40N6O. The molecule has 14 rings (SSSR count). The molecule has 5 aromatic heterocycles. The Morgan fingerprint density at radius 3 is 1.90 bits per heavy atom. The van der Waals surface area contributed by atoms with Crippen LogP contribution in [0.5, 0.6) is 0 Å². The molecule has 0 amide bonds. The molecule has 7 nitrogen and oxygen atoms in total. The van der Waals surface area contributed by atoms with Gasteiger partial charge in [0.2, 0.25) is 0 Å². The van der Waals surface area contributed by atoms with Crippen molar-refractivity contribution >= 4 is 60.7 Å². The molecule has 13 aromatic rings. The third kappa shape index (κ3) is 6.51. The Morgan fingerprint density at radius 2 is 1.06 bits per heavy atom. The Labute approximate surface area is 402 Å². The topological polar surface area (TPSA) is 74.6 Å². The number of pyridine rings is 1. The summed E-state index contributed by atoms with van der Waals surface area (Å²) in [4.78, 5) is 20.1. The second-order valence-corrected chi connectivity index (χ2v) is 17.8. The van der Waals surface area contributed by atoms with Crippen molar-refractivity contribution in [1.82, 2.24) is 29.1 Å². The van der Waals surface area contributed by atoms with Gasteiger partial charge in [-0.05, 0) is 113 Å². The average Bonchev–Trinajstić information content (AvgIpc) is 4.00. The van der Waals surface area contributed by atoms with Crippen LogP contribution in [0.1, 0.15) is 11.3 Å². The monoisotopic (exact) mass is 896 g/mol. The highest BCUT2D eigenvalue weighted by Crippen LogP contribution is 2.40. The molecule has 0 radical (unpaired) electrons. The summed E-state index contributed by atoms with van der Waals surface area (Å²) in [5, 5.41) is 5.54. The standard InChI is InChI=1S/C63H40N6O/c1-4-14-40(15-5-1)42-16-12-17-45(36-42)62-65-61(66-63(67-62)52-22-13-25-59-60(52)53-39-64-35-34-58(53)70-59)41-26-30-47(31-27-41)69-54-23-9-3-8-20-48(54)50-32-28-44(38-57(50)69)43-29-33-51-49-21-10-11-24-55(49)68(56(51)37-43)46-18-6-2-7-19-46/h1-19,21-39H,20H2. The van der Waals surface area contributed by atoms with Gasteiger partial charge in [0.15, 0.2) is 17.5 Å². The first-order valence-corrected chi connectivity index (χ1v) is 23.6. The largest absolute Gasteiger partial charge is 0.456 e. The first kappa shape index (κ1) is 39.7. The van der Waals surface area contributed by atoms with Gasteiger partial charge in [-0.25, -0.2) is 15.0 Å². The van der Waals surface area contributed by atoms with Crippen LogP contribution in [0.15, 0.2) is 229 Å². The van der Waals surface area contributed by atoms with Gasteiger partial charge in [0.1, 0.15) is 11.2 Å². The predicted octanol–water partition coefficient (Wildman–Crippen LogP) is 15.7. The van der Waals surface area contributed by atoms with Gasteiger partial charge < -0.3 is 13.6 Å². The summed E-state index contributed by atoms with van der Waals surface area (Å²) in [6.07, 6.45) is 13.2. The highest BCUT2D eigenvalue weighted by molar-refractivity contribution is 6.12. The lowest BCUT2D eigenvalue weighted by atomic mass is 10.0. The molecule has 0 bridgehead atoms. The van der Waals surface area contributed by atoms with Gasteiger partial charge in [0.25, 0.3) is 0 Å². The Bertz CT molecular complexity index is 4250. The number of fused-ring (bicyclic) bond motifs is 9. The van der Waals surface area contributed by atoms with E-state index in [4.69, 9.17) is 19.4 Å². The van der Waals surface area contributed by atoms with E-state index in [2.05, 4.69) is 208 Å². The molecule has 0 aliphatic heterocycles. The molecule has 1 aliphatic carbocycles. The first-order chi connectivity index (χ1) is 34.7. The van der Waals surface area contributed by atoms with Crippen molar-refractivity contribution < 1.29 is 4.42 Å². The molecular weight excluding hydrogens is 857 g/mol. The van der Waals surface area contributed by atoms with Crippen molar-refractivity contribution in [2.45, 2.75) is 6.42 Å². The van der Waals surface area contributed by atoms with Crippen LogP contribution in [0.25, 0.3) is 129 Å². The van der Waals surface area contributed by atoms with E-state index in [1.165, 1.54) is 38.4 Å². The highest BCUT2D eigenvalue weighted by Gasteiger charge is 2.21. The number of allylic oxidation sites excluding steroid dienone is 3. The van der Waals surface area contributed by atoms with Gasteiger partial charge in [0.05, 0.1) is 22.2 Å². The summed E-state index contributed by atoms with van der Waals surface area (Å²) in [5.41, 5.74) is 16.8. The lowest BCUT2D eigenvalue weighted by Crippen LogP contribution is -2.01. The molecule has 0 spiro atoms.